The summed E-state index contributed by atoms with van der Waals surface area (Å²) < 4.78 is 5.76. The Morgan fingerprint density at radius 3 is 2.45 bits per heavy atom. The zero-order valence-electron chi connectivity index (χ0n) is 12.6. The molecule has 0 amide bonds. The van der Waals surface area contributed by atoms with E-state index in [2.05, 4.69) is 4.90 Å². The Morgan fingerprint density at radius 2 is 1.86 bits per heavy atom. The molecule has 0 spiro atoms. The molecule has 1 aromatic carbocycles. The van der Waals surface area contributed by atoms with Gasteiger partial charge in [0.1, 0.15) is 0 Å². The van der Waals surface area contributed by atoms with Crippen LogP contribution in [0.5, 0.6) is 5.75 Å². The number of rotatable bonds is 5. The Morgan fingerprint density at radius 1 is 1.18 bits per heavy atom. The van der Waals surface area contributed by atoms with Gasteiger partial charge >= 0.3 is 0 Å². The average Bonchev–Trinajstić information content (AvgIpc) is 3.22. The van der Waals surface area contributed by atoms with Gasteiger partial charge in [-0.15, -0.1) is 12.4 Å². The summed E-state index contributed by atoms with van der Waals surface area (Å²) in [5, 5.41) is 1.22. The molecule has 2 aliphatic rings. The third-order valence-electron chi connectivity index (χ3n) is 4.17. The lowest BCUT2D eigenvalue weighted by Gasteiger charge is -2.30. The predicted molar refractivity (Wildman–Crippen MR) is 94.4 cm³/mol. The molecule has 1 aromatic rings. The second-order valence-corrected chi connectivity index (χ2v) is 7.09. The highest BCUT2D eigenvalue weighted by molar-refractivity contribution is 6.37. The Labute approximate surface area is 148 Å². The lowest BCUT2D eigenvalue weighted by molar-refractivity contribution is 0.201. The number of halogens is 3. The van der Waals surface area contributed by atoms with Gasteiger partial charge < -0.3 is 10.5 Å². The van der Waals surface area contributed by atoms with Gasteiger partial charge in [-0.25, -0.2) is 0 Å². The van der Waals surface area contributed by atoms with Gasteiger partial charge in [-0.2, -0.15) is 0 Å². The van der Waals surface area contributed by atoms with Gasteiger partial charge in [-0.05, 0) is 55.8 Å². The van der Waals surface area contributed by atoms with E-state index in [1.807, 2.05) is 12.1 Å². The van der Waals surface area contributed by atoms with Gasteiger partial charge in [-0.1, -0.05) is 23.2 Å². The third kappa shape index (κ3) is 4.90. The summed E-state index contributed by atoms with van der Waals surface area (Å²) in [6, 6.07) is 4.22. The van der Waals surface area contributed by atoms with Gasteiger partial charge in [0.2, 0.25) is 0 Å². The summed E-state index contributed by atoms with van der Waals surface area (Å²) in [7, 11) is 0. The standard InChI is InChI=1S/C16H22Cl2N2O.ClH/c17-14-6-12(8-20-5-1-2-13(19)9-20)7-15(18)16(14)21-10-11-3-4-11;/h6-7,11,13H,1-5,8-10,19H2;1H/t13-;/m1./s1. The van der Waals surface area contributed by atoms with Crippen LogP contribution >= 0.6 is 35.6 Å². The number of likely N-dealkylation sites (tertiary alicyclic amines) is 1. The van der Waals surface area contributed by atoms with Crippen LogP contribution < -0.4 is 10.5 Å². The Hall–Kier alpha value is -0.190. The zero-order valence-corrected chi connectivity index (χ0v) is 14.9. The van der Waals surface area contributed by atoms with Crippen molar-refractivity contribution in [2.24, 2.45) is 11.7 Å². The van der Waals surface area contributed by atoms with Crippen LogP contribution in [-0.2, 0) is 6.54 Å². The molecule has 1 saturated carbocycles. The fraction of sp³-hybridized carbons (Fsp3) is 0.625. The van der Waals surface area contributed by atoms with Crippen molar-refractivity contribution in [3.05, 3.63) is 27.7 Å². The van der Waals surface area contributed by atoms with Crippen molar-refractivity contribution < 1.29 is 4.74 Å². The first-order valence-corrected chi connectivity index (χ1v) is 8.46. The first-order valence-electron chi connectivity index (χ1n) is 7.70. The molecule has 0 radical (unpaired) electrons. The Balaban J connectivity index is 0.00000176. The molecule has 1 aliphatic heterocycles. The van der Waals surface area contributed by atoms with Gasteiger partial charge in [0.15, 0.2) is 5.75 Å². The first-order chi connectivity index (χ1) is 10.1. The Bertz CT molecular complexity index is 485. The van der Waals surface area contributed by atoms with Crippen molar-refractivity contribution in [3.8, 4) is 5.75 Å². The number of nitrogens with zero attached hydrogens (tertiary/aromatic N) is 1. The number of benzene rings is 1. The number of hydrogen-bond acceptors (Lipinski definition) is 3. The molecular formula is C16H23Cl3N2O. The summed E-state index contributed by atoms with van der Waals surface area (Å²) in [4.78, 5) is 2.36. The van der Waals surface area contributed by atoms with E-state index in [-0.39, 0.29) is 18.4 Å². The van der Waals surface area contributed by atoms with Gasteiger partial charge in [0.25, 0.3) is 0 Å². The number of hydrogen-bond donors (Lipinski definition) is 1. The van der Waals surface area contributed by atoms with E-state index in [0.29, 0.717) is 21.7 Å². The minimum absolute atomic E-state index is 0. The summed E-state index contributed by atoms with van der Waals surface area (Å²) in [6.45, 7) is 3.59. The molecule has 0 bridgehead atoms. The van der Waals surface area contributed by atoms with E-state index in [1.165, 1.54) is 12.8 Å². The number of nitrogens with two attached hydrogens (primary N) is 1. The summed E-state index contributed by atoms with van der Waals surface area (Å²) >= 11 is 12.7. The fourth-order valence-corrected chi connectivity index (χ4v) is 3.46. The quantitative estimate of drug-likeness (QED) is 0.852. The van der Waals surface area contributed by atoms with Gasteiger partial charge in [0.05, 0.1) is 16.7 Å². The number of ether oxygens (including phenoxy) is 1. The monoisotopic (exact) mass is 364 g/mol. The van der Waals surface area contributed by atoms with Crippen molar-refractivity contribution in [2.45, 2.75) is 38.3 Å². The molecule has 1 saturated heterocycles. The minimum atomic E-state index is 0. The van der Waals surface area contributed by atoms with E-state index >= 15 is 0 Å². The van der Waals surface area contributed by atoms with Crippen molar-refractivity contribution in [3.63, 3.8) is 0 Å². The third-order valence-corrected chi connectivity index (χ3v) is 4.73. The molecule has 3 nitrogen and oxygen atoms in total. The van der Waals surface area contributed by atoms with Crippen LogP contribution in [0.25, 0.3) is 0 Å². The number of piperidine rings is 1. The molecule has 22 heavy (non-hydrogen) atoms. The highest BCUT2D eigenvalue weighted by atomic mass is 35.5. The molecule has 1 atom stereocenters. The van der Waals surface area contributed by atoms with Crippen molar-refractivity contribution in [1.29, 1.82) is 0 Å². The molecule has 0 unspecified atom stereocenters. The van der Waals surface area contributed by atoms with E-state index in [0.717, 1.165) is 44.6 Å². The van der Waals surface area contributed by atoms with Crippen LogP contribution in [0.15, 0.2) is 12.1 Å². The molecule has 0 aromatic heterocycles. The summed E-state index contributed by atoms with van der Waals surface area (Å²) in [5.74, 6) is 1.32. The van der Waals surface area contributed by atoms with Crippen LogP contribution in [0.2, 0.25) is 10.0 Å². The molecule has 2 fully saturated rings. The van der Waals surface area contributed by atoms with Crippen LogP contribution in [0.4, 0.5) is 0 Å². The van der Waals surface area contributed by atoms with Crippen molar-refractivity contribution >= 4 is 35.6 Å². The minimum Gasteiger partial charge on any atom is -0.490 e. The van der Waals surface area contributed by atoms with Crippen molar-refractivity contribution in [1.82, 2.24) is 4.90 Å². The molecule has 1 heterocycles. The molecule has 124 valence electrons. The lowest BCUT2D eigenvalue weighted by Crippen LogP contribution is -2.42. The van der Waals surface area contributed by atoms with Crippen LogP contribution in [0.3, 0.4) is 0 Å². The average molecular weight is 366 g/mol. The van der Waals surface area contributed by atoms with E-state index in [1.54, 1.807) is 0 Å². The smallest absolute Gasteiger partial charge is 0.156 e. The normalized spacial score (nSPS) is 22.2. The summed E-state index contributed by atoms with van der Waals surface area (Å²) in [5.41, 5.74) is 7.15. The molecule has 6 heteroatoms. The largest absolute Gasteiger partial charge is 0.490 e. The lowest BCUT2D eigenvalue weighted by atomic mass is 10.1. The van der Waals surface area contributed by atoms with Crippen molar-refractivity contribution in [2.75, 3.05) is 19.7 Å². The molecule has 1 aliphatic carbocycles. The van der Waals surface area contributed by atoms with Gasteiger partial charge in [-0.3, -0.25) is 4.90 Å². The Kier molecular flexibility index (Phi) is 6.66. The topological polar surface area (TPSA) is 38.5 Å². The second-order valence-electron chi connectivity index (χ2n) is 6.28. The molecular weight excluding hydrogens is 343 g/mol. The molecule has 3 rings (SSSR count). The van der Waals surface area contributed by atoms with E-state index in [4.69, 9.17) is 33.7 Å². The maximum Gasteiger partial charge on any atom is 0.156 e. The van der Waals surface area contributed by atoms with Crippen LogP contribution in [0, 0.1) is 5.92 Å². The first kappa shape index (κ1) is 18.2. The zero-order chi connectivity index (χ0) is 14.8. The highest BCUT2D eigenvalue weighted by Gasteiger charge is 2.23. The maximum absolute atomic E-state index is 6.33. The molecule has 2 N–H and O–H groups in total. The summed E-state index contributed by atoms with van der Waals surface area (Å²) in [6.07, 6.45) is 4.78. The van der Waals surface area contributed by atoms with E-state index in [9.17, 15) is 0 Å². The fourth-order valence-electron chi connectivity index (χ4n) is 2.82. The van der Waals surface area contributed by atoms with Crippen LogP contribution in [0.1, 0.15) is 31.2 Å². The highest BCUT2D eigenvalue weighted by Crippen LogP contribution is 2.37. The van der Waals surface area contributed by atoms with Gasteiger partial charge in [0, 0.05) is 19.1 Å². The second kappa shape index (κ2) is 8.07. The predicted octanol–water partition coefficient (Wildman–Crippen LogP) is 4.13. The SMILES string of the molecule is Cl.N[C@@H]1CCCN(Cc2cc(Cl)c(OCC3CC3)c(Cl)c2)C1. The van der Waals surface area contributed by atoms with E-state index < -0.39 is 0 Å². The maximum atomic E-state index is 6.33. The van der Waals surface area contributed by atoms with Crippen LogP contribution in [-0.4, -0.2) is 30.6 Å².